The molecule has 0 aliphatic carbocycles. The van der Waals surface area contributed by atoms with E-state index < -0.39 is 12.2 Å². The first-order valence-corrected chi connectivity index (χ1v) is 9.55. The van der Waals surface area contributed by atoms with Gasteiger partial charge in [0.2, 0.25) is 0 Å². The van der Waals surface area contributed by atoms with Crippen molar-refractivity contribution in [3.8, 4) is 0 Å². The number of anilines is 1. The highest BCUT2D eigenvalue weighted by Crippen LogP contribution is 2.41. The molecule has 2 aromatic rings. The Labute approximate surface area is 157 Å². The number of nitrogens with one attached hydrogen (secondary N) is 1. The molecule has 2 aromatic heterocycles. The van der Waals surface area contributed by atoms with Crippen molar-refractivity contribution in [2.45, 2.75) is 57.4 Å². The summed E-state index contributed by atoms with van der Waals surface area (Å²) in [7, 11) is 0. The lowest BCUT2D eigenvalue weighted by Crippen LogP contribution is -2.38. The standard InChI is InChI=1S/C16H19F3N6OS/c1-8-6-12(16(17,18)19)25-13(20-8)7-10(22-25)11-4-3-5-24(11)15(26)14-9(2)21-23-27-14/h7-8,11-12,20H,3-6H2,1-2H3/t8-,11?,12-/m1/s1. The summed E-state index contributed by atoms with van der Waals surface area (Å²) in [6.07, 6.45) is -3.00. The number of fused-ring (bicyclic) bond motifs is 1. The molecule has 0 bridgehead atoms. The van der Waals surface area contributed by atoms with Gasteiger partial charge in [0, 0.05) is 18.7 Å². The Hall–Kier alpha value is -2.17. The van der Waals surface area contributed by atoms with Gasteiger partial charge in [0.15, 0.2) is 6.04 Å². The molecule has 4 heterocycles. The highest BCUT2D eigenvalue weighted by Gasteiger charge is 2.46. The first-order valence-electron chi connectivity index (χ1n) is 8.78. The zero-order valence-electron chi connectivity index (χ0n) is 14.8. The summed E-state index contributed by atoms with van der Waals surface area (Å²) in [4.78, 5) is 15.0. The first kappa shape index (κ1) is 18.2. The van der Waals surface area contributed by atoms with E-state index in [0.29, 0.717) is 35.0 Å². The van der Waals surface area contributed by atoms with Crippen molar-refractivity contribution in [2.75, 3.05) is 11.9 Å². The number of hydrogen-bond donors (Lipinski definition) is 1. The Morgan fingerprint density at radius 2 is 2.19 bits per heavy atom. The van der Waals surface area contributed by atoms with E-state index in [1.54, 1.807) is 24.8 Å². The molecule has 0 aromatic carbocycles. The second kappa shape index (κ2) is 6.47. The number of rotatable bonds is 2. The van der Waals surface area contributed by atoms with Crippen molar-refractivity contribution in [3.05, 3.63) is 22.3 Å². The third kappa shape index (κ3) is 3.17. The molecule has 146 valence electrons. The van der Waals surface area contributed by atoms with Crippen LogP contribution in [-0.2, 0) is 0 Å². The monoisotopic (exact) mass is 400 g/mol. The van der Waals surface area contributed by atoms with E-state index in [9.17, 15) is 18.0 Å². The van der Waals surface area contributed by atoms with E-state index in [4.69, 9.17) is 0 Å². The van der Waals surface area contributed by atoms with Crippen molar-refractivity contribution in [1.82, 2.24) is 24.3 Å². The maximum Gasteiger partial charge on any atom is 0.410 e. The predicted molar refractivity (Wildman–Crippen MR) is 92.7 cm³/mol. The fraction of sp³-hybridized carbons (Fsp3) is 0.625. The van der Waals surface area contributed by atoms with Crippen LogP contribution in [0.1, 0.15) is 59.3 Å². The Kier molecular flexibility index (Phi) is 4.36. The molecule has 1 N–H and O–H groups in total. The zero-order valence-corrected chi connectivity index (χ0v) is 15.6. The molecule has 1 unspecified atom stereocenters. The Balaban J connectivity index is 1.66. The highest BCUT2D eigenvalue weighted by molar-refractivity contribution is 7.07. The van der Waals surface area contributed by atoms with Crippen LogP contribution < -0.4 is 5.32 Å². The van der Waals surface area contributed by atoms with E-state index in [-0.39, 0.29) is 24.4 Å². The van der Waals surface area contributed by atoms with Crippen LogP contribution in [0.5, 0.6) is 0 Å². The summed E-state index contributed by atoms with van der Waals surface area (Å²) < 4.78 is 45.2. The predicted octanol–water partition coefficient (Wildman–Crippen LogP) is 3.33. The van der Waals surface area contributed by atoms with E-state index in [0.717, 1.165) is 22.6 Å². The fourth-order valence-corrected chi connectivity index (χ4v) is 4.43. The average molecular weight is 400 g/mol. The molecular weight excluding hydrogens is 381 g/mol. The van der Waals surface area contributed by atoms with Gasteiger partial charge in [-0.1, -0.05) is 4.49 Å². The molecule has 7 nitrogen and oxygen atoms in total. The summed E-state index contributed by atoms with van der Waals surface area (Å²) in [5, 5.41) is 11.2. The largest absolute Gasteiger partial charge is 0.410 e. The summed E-state index contributed by atoms with van der Waals surface area (Å²) >= 11 is 1.03. The van der Waals surface area contributed by atoms with Crippen LogP contribution in [0.25, 0.3) is 0 Å². The van der Waals surface area contributed by atoms with E-state index in [2.05, 4.69) is 20.0 Å². The molecule has 1 fully saturated rings. The second-order valence-corrected chi connectivity index (χ2v) is 7.84. The lowest BCUT2D eigenvalue weighted by Gasteiger charge is -2.31. The molecule has 11 heteroatoms. The minimum atomic E-state index is -4.37. The Bertz CT molecular complexity index is 863. The maximum absolute atomic E-state index is 13.4. The number of carbonyl (C=O) groups is 1. The SMILES string of the molecule is Cc1nnsc1C(=O)N1CCCC1c1cc2n(n1)[C@@H](C(F)(F)F)C[C@@H](C)N2. The van der Waals surface area contributed by atoms with E-state index >= 15 is 0 Å². The molecule has 1 amide bonds. The van der Waals surface area contributed by atoms with Gasteiger partial charge in [-0.3, -0.25) is 4.79 Å². The second-order valence-electron chi connectivity index (χ2n) is 7.08. The number of alkyl halides is 3. The minimum absolute atomic E-state index is 0.0728. The van der Waals surface area contributed by atoms with Gasteiger partial charge in [-0.2, -0.15) is 18.3 Å². The number of aryl methyl sites for hydroxylation is 1. The van der Waals surface area contributed by atoms with Gasteiger partial charge in [-0.15, -0.1) is 5.10 Å². The molecule has 27 heavy (non-hydrogen) atoms. The quantitative estimate of drug-likeness (QED) is 0.837. The molecule has 0 saturated carbocycles. The number of aromatic nitrogens is 4. The number of carbonyl (C=O) groups excluding carboxylic acids is 1. The highest BCUT2D eigenvalue weighted by atomic mass is 32.1. The number of hydrogen-bond acceptors (Lipinski definition) is 6. The van der Waals surface area contributed by atoms with E-state index in [1.807, 2.05) is 0 Å². The number of halogens is 3. The zero-order chi connectivity index (χ0) is 19.3. The molecule has 4 rings (SSSR count). The van der Waals surface area contributed by atoms with Gasteiger partial charge in [0.1, 0.15) is 10.7 Å². The molecule has 3 atom stereocenters. The fourth-order valence-electron chi connectivity index (χ4n) is 3.82. The Morgan fingerprint density at radius 1 is 1.41 bits per heavy atom. The molecule has 2 aliphatic rings. The maximum atomic E-state index is 13.4. The lowest BCUT2D eigenvalue weighted by molar-refractivity contribution is -0.173. The van der Waals surface area contributed by atoms with Crippen molar-refractivity contribution in [3.63, 3.8) is 0 Å². The van der Waals surface area contributed by atoms with Gasteiger partial charge >= 0.3 is 6.18 Å². The third-order valence-electron chi connectivity index (χ3n) is 5.10. The molecule has 0 spiro atoms. The Morgan fingerprint density at radius 3 is 2.85 bits per heavy atom. The number of nitrogens with zero attached hydrogens (tertiary/aromatic N) is 5. The first-order chi connectivity index (χ1) is 12.8. The summed E-state index contributed by atoms with van der Waals surface area (Å²) in [6.45, 7) is 3.98. The van der Waals surface area contributed by atoms with Crippen LogP contribution in [0, 0.1) is 6.92 Å². The van der Waals surface area contributed by atoms with Gasteiger partial charge < -0.3 is 10.2 Å². The van der Waals surface area contributed by atoms with Crippen LogP contribution >= 0.6 is 11.5 Å². The van der Waals surface area contributed by atoms with Crippen LogP contribution in [0.3, 0.4) is 0 Å². The molecule has 2 aliphatic heterocycles. The van der Waals surface area contributed by atoms with Crippen LogP contribution in [-0.4, -0.2) is 48.9 Å². The lowest BCUT2D eigenvalue weighted by atomic mass is 10.1. The van der Waals surface area contributed by atoms with Crippen molar-refractivity contribution in [2.24, 2.45) is 0 Å². The molecule has 1 saturated heterocycles. The number of likely N-dealkylation sites (tertiary alicyclic amines) is 1. The molecular formula is C16H19F3N6OS. The van der Waals surface area contributed by atoms with Crippen LogP contribution in [0.2, 0.25) is 0 Å². The van der Waals surface area contributed by atoms with Crippen LogP contribution in [0.15, 0.2) is 6.07 Å². The summed E-state index contributed by atoms with van der Waals surface area (Å²) in [6, 6.07) is -0.664. The summed E-state index contributed by atoms with van der Waals surface area (Å²) in [5.41, 5.74) is 1.05. The minimum Gasteiger partial charge on any atom is -0.368 e. The van der Waals surface area contributed by atoms with E-state index in [1.165, 1.54) is 0 Å². The average Bonchev–Trinajstić information content (AvgIpc) is 3.30. The third-order valence-corrected chi connectivity index (χ3v) is 5.92. The number of amides is 1. The summed E-state index contributed by atoms with van der Waals surface area (Å²) in [5.74, 6) is 0.158. The van der Waals surface area contributed by atoms with Gasteiger partial charge in [0.05, 0.1) is 17.4 Å². The van der Waals surface area contributed by atoms with Crippen molar-refractivity contribution >= 4 is 23.3 Å². The van der Waals surface area contributed by atoms with Crippen molar-refractivity contribution in [1.29, 1.82) is 0 Å². The van der Waals surface area contributed by atoms with Gasteiger partial charge in [-0.05, 0) is 44.6 Å². The normalized spacial score (nSPS) is 25.4. The van der Waals surface area contributed by atoms with Crippen LogP contribution in [0.4, 0.5) is 19.0 Å². The topological polar surface area (TPSA) is 75.9 Å². The van der Waals surface area contributed by atoms with Crippen molar-refractivity contribution < 1.29 is 18.0 Å². The smallest absolute Gasteiger partial charge is 0.368 e. The molecule has 0 radical (unpaired) electrons. The van der Waals surface area contributed by atoms with Gasteiger partial charge in [-0.25, -0.2) is 4.68 Å². The van der Waals surface area contributed by atoms with Gasteiger partial charge in [0.25, 0.3) is 5.91 Å².